The highest BCUT2D eigenvalue weighted by Crippen LogP contribution is 2.04. The van der Waals surface area contributed by atoms with Crippen molar-refractivity contribution in [3.63, 3.8) is 0 Å². The van der Waals surface area contributed by atoms with E-state index in [0.717, 1.165) is 45.8 Å². The third-order valence-corrected chi connectivity index (χ3v) is 3.69. The summed E-state index contributed by atoms with van der Waals surface area (Å²) in [4.78, 5) is 2.49. The number of rotatable bonds is 7. The van der Waals surface area contributed by atoms with Crippen molar-refractivity contribution in [2.45, 2.75) is 26.3 Å². The second-order valence-corrected chi connectivity index (χ2v) is 5.15. The molecule has 1 aromatic carbocycles. The Hall–Kier alpha value is -0.900. The van der Waals surface area contributed by atoms with E-state index in [1.54, 1.807) is 0 Å². The first-order chi connectivity index (χ1) is 9.38. The Morgan fingerprint density at radius 2 is 1.79 bits per heavy atom. The second-order valence-electron chi connectivity index (χ2n) is 5.15. The van der Waals surface area contributed by atoms with Crippen molar-refractivity contribution in [2.75, 3.05) is 39.4 Å². The Balaban J connectivity index is 1.55. The van der Waals surface area contributed by atoms with Crippen LogP contribution in [0, 0.1) is 0 Å². The molecular weight excluding hydrogens is 236 g/mol. The van der Waals surface area contributed by atoms with E-state index in [9.17, 15) is 0 Å². The lowest BCUT2D eigenvalue weighted by Crippen LogP contribution is -2.37. The summed E-state index contributed by atoms with van der Waals surface area (Å²) in [6, 6.07) is 8.91. The lowest BCUT2D eigenvalue weighted by Gasteiger charge is -2.26. The maximum atomic E-state index is 5.35. The Bertz CT molecular complexity index is 344. The monoisotopic (exact) mass is 262 g/mol. The maximum Gasteiger partial charge on any atom is 0.0594 e. The van der Waals surface area contributed by atoms with Crippen LogP contribution < -0.4 is 5.32 Å². The van der Waals surface area contributed by atoms with E-state index in [-0.39, 0.29) is 0 Å². The molecule has 3 heteroatoms. The Morgan fingerprint density at radius 1 is 1.11 bits per heavy atom. The van der Waals surface area contributed by atoms with Gasteiger partial charge in [0.1, 0.15) is 0 Å². The number of nitrogens with one attached hydrogen (secondary N) is 1. The van der Waals surface area contributed by atoms with Crippen LogP contribution >= 0.6 is 0 Å². The molecule has 0 unspecified atom stereocenters. The summed E-state index contributed by atoms with van der Waals surface area (Å²) >= 11 is 0. The van der Waals surface area contributed by atoms with Gasteiger partial charge < -0.3 is 10.1 Å². The summed E-state index contributed by atoms with van der Waals surface area (Å²) in [5, 5.41) is 3.52. The molecule has 0 atom stereocenters. The van der Waals surface area contributed by atoms with Gasteiger partial charge >= 0.3 is 0 Å². The zero-order valence-corrected chi connectivity index (χ0v) is 12.0. The van der Waals surface area contributed by atoms with Crippen molar-refractivity contribution in [3.05, 3.63) is 35.4 Å². The van der Waals surface area contributed by atoms with Gasteiger partial charge in [-0.15, -0.1) is 0 Å². The molecule has 0 bridgehead atoms. The maximum absolute atomic E-state index is 5.35. The van der Waals surface area contributed by atoms with E-state index in [0.29, 0.717) is 0 Å². The average Bonchev–Trinajstić information content (AvgIpc) is 2.49. The highest BCUT2D eigenvalue weighted by atomic mass is 16.5. The minimum atomic E-state index is 0.900. The van der Waals surface area contributed by atoms with Crippen molar-refractivity contribution in [2.24, 2.45) is 0 Å². The minimum absolute atomic E-state index is 0.900. The summed E-state index contributed by atoms with van der Waals surface area (Å²) < 4.78 is 5.35. The van der Waals surface area contributed by atoms with Crippen LogP contribution in [0.1, 0.15) is 24.5 Å². The van der Waals surface area contributed by atoms with Crippen LogP contribution in [0.3, 0.4) is 0 Å². The average molecular weight is 262 g/mol. The Labute approximate surface area is 116 Å². The molecule has 2 rings (SSSR count). The fourth-order valence-electron chi connectivity index (χ4n) is 2.38. The fraction of sp³-hybridized carbons (Fsp3) is 0.625. The van der Waals surface area contributed by atoms with Crippen LogP contribution in [0.5, 0.6) is 0 Å². The molecule has 1 heterocycles. The Morgan fingerprint density at radius 3 is 2.47 bits per heavy atom. The predicted molar refractivity (Wildman–Crippen MR) is 79.4 cm³/mol. The third-order valence-electron chi connectivity index (χ3n) is 3.69. The van der Waals surface area contributed by atoms with Crippen molar-refractivity contribution in [3.8, 4) is 0 Å². The molecule has 0 amide bonds. The molecule has 1 aliphatic rings. The standard InChI is InChI=1S/C16H26N2O/c1-2-15-4-6-16(7-5-15)14-17-8-3-9-18-10-12-19-13-11-18/h4-7,17H,2-3,8-14H2,1H3. The highest BCUT2D eigenvalue weighted by molar-refractivity contribution is 5.22. The normalized spacial score (nSPS) is 16.7. The predicted octanol–water partition coefficient (Wildman–Crippen LogP) is 2.06. The van der Waals surface area contributed by atoms with Crippen LogP contribution in [-0.2, 0) is 17.7 Å². The van der Waals surface area contributed by atoms with Crippen LogP contribution in [-0.4, -0.2) is 44.3 Å². The Kier molecular flexibility index (Phi) is 6.34. The van der Waals surface area contributed by atoms with Gasteiger partial charge in [-0.2, -0.15) is 0 Å². The van der Waals surface area contributed by atoms with Crippen molar-refractivity contribution in [1.29, 1.82) is 0 Å². The fourth-order valence-corrected chi connectivity index (χ4v) is 2.38. The first-order valence-electron chi connectivity index (χ1n) is 7.47. The molecule has 19 heavy (non-hydrogen) atoms. The molecule has 1 fully saturated rings. The van der Waals surface area contributed by atoms with Crippen molar-refractivity contribution < 1.29 is 4.74 Å². The molecule has 0 aliphatic carbocycles. The zero-order valence-electron chi connectivity index (χ0n) is 12.0. The smallest absolute Gasteiger partial charge is 0.0594 e. The number of aryl methyl sites for hydroxylation is 1. The first kappa shape index (κ1) is 14.5. The number of benzene rings is 1. The van der Waals surface area contributed by atoms with E-state index in [2.05, 4.69) is 41.4 Å². The molecular formula is C16H26N2O. The van der Waals surface area contributed by atoms with Gasteiger partial charge in [0.25, 0.3) is 0 Å². The van der Waals surface area contributed by atoms with Gasteiger partial charge in [0.05, 0.1) is 13.2 Å². The van der Waals surface area contributed by atoms with Gasteiger partial charge in [0.15, 0.2) is 0 Å². The molecule has 1 aromatic rings. The molecule has 1 saturated heterocycles. The van der Waals surface area contributed by atoms with Crippen LogP contribution in [0.4, 0.5) is 0 Å². The summed E-state index contributed by atoms with van der Waals surface area (Å²) in [5.74, 6) is 0. The first-order valence-corrected chi connectivity index (χ1v) is 7.47. The van der Waals surface area contributed by atoms with Gasteiger partial charge in [0.2, 0.25) is 0 Å². The summed E-state index contributed by atoms with van der Waals surface area (Å²) in [7, 11) is 0. The van der Waals surface area contributed by atoms with Gasteiger partial charge in [-0.05, 0) is 37.1 Å². The number of nitrogens with zero attached hydrogens (tertiary/aromatic N) is 1. The van der Waals surface area contributed by atoms with E-state index in [4.69, 9.17) is 4.74 Å². The quantitative estimate of drug-likeness (QED) is 0.761. The molecule has 106 valence electrons. The number of hydrogen-bond acceptors (Lipinski definition) is 3. The largest absolute Gasteiger partial charge is 0.379 e. The summed E-state index contributed by atoms with van der Waals surface area (Å²) in [6.45, 7) is 9.44. The topological polar surface area (TPSA) is 24.5 Å². The molecule has 3 nitrogen and oxygen atoms in total. The van der Waals surface area contributed by atoms with Crippen LogP contribution in [0.15, 0.2) is 24.3 Å². The molecule has 1 aliphatic heterocycles. The van der Waals surface area contributed by atoms with Crippen molar-refractivity contribution in [1.82, 2.24) is 10.2 Å². The molecule has 0 saturated carbocycles. The lowest BCUT2D eigenvalue weighted by molar-refractivity contribution is 0.0374. The van der Waals surface area contributed by atoms with E-state index in [1.165, 1.54) is 24.1 Å². The van der Waals surface area contributed by atoms with E-state index < -0.39 is 0 Å². The SMILES string of the molecule is CCc1ccc(CNCCCN2CCOCC2)cc1. The number of hydrogen-bond donors (Lipinski definition) is 1. The highest BCUT2D eigenvalue weighted by Gasteiger charge is 2.08. The van der Waals surface area contributed by atoms with Crippen molar-refractivity contribution >= 4 is 0 Å². The van der Waals surface area contributed by atoms with Gasteiger partial charge in [-0.3, -0.25) is 4.90 Å². The summed E-state index contributed by atoms with van der Waals surface area (Å²) in [5.41, 5.74) is 2.79. The number of ether oxygens (including phenoxy) is 1. The van der Waals surface area contributed by atoms with E-state index in [1.807, 2.05) is 0 Å². The van der Waals surface area contributed by atoms with Gasteiger partial charge in [0, 0.05) is 19.6 Å². The minimum Gasteiger partial charge on any atom is -0.379 e. The van der Waals surface area contributed by atoms with E-state index >= 15 is 0 Å². The van der Waals surface area contributed by atoms with Gasteiger partial charge in [-0.25, -0.2) is 0 Å². The van der Waals surface area contributed by atoms with Crippen LogP contribution in [0.2, 0.25) is 0 Å². The zero-order chi connectivity index (χ0) is 13.3. The van der Waals surface area contributed by atoms with Gasteiger partial charge in [-0.1, -0.05) is 31.2 Å². The van der Waals surface area contributed by atoms with Crippen LogP contribution in [0.25, 0.3) is 0 Å². The second kappa shape index (κ2) is 8.31. The molecule has 0 radical (unpaired) electrons. The molecule has 0 aromatic heterocycles. The molecule has 1 N–H and O–H groups in total. The summed E-state index contributed by atoms with van der Waals surface area (Å²) in [6.07, 6.45) is 2.33. The lowest BCUT2D eigenvalue weighted by atomic mass is 10.1. The third kappa shape index (κ3) is 5.31. The number of morpholine rings is 1. The molecule has 0 spiro atoms.